The lowest BCUT2D eigenvalue weighted by Gasteiger charge is -2.13. The molecule has 1 aliphatic rings. The van der Waals surface area contributed by atoms with Crippen LogP contribution in [0, 0.1) is 0 Å². The van der Waals surface area contributed by atoms with E-state index in [4.69, 9.17) is 16.3 Å². The Morgan fingerprint density at radius 3 is 2.83 bits per heavy atom. The molecule has 1 aliphatic heterocycles. The van der Waals surface area contributed by atoms with Gasteiger partial charge in [-0.1, -0.05) is 23.4 Å². The van der Waals surface area contributed by atoms with Crippen molar-refractivity contribution in [2.24, 2.45) is 0 Å². The predicted molar refractivity (Wildman–Crippen MR) is 112 cm³/mol. The molecule has 1 atom stereocenters. The van der Waals surface area contributed by atoms with Crippen LogP contribution in [0.1, 0.15) is 19.4 Å². The summed E-state index contributed by atoms with van der Waals surface area (Å²) in [6.07, 6.45) is 1.55. The first-order valence-electron chi connectivity index (χ1n) is 9.29. The van der Waals surface area contributed by atoms with Gasteiger partial charge in [-0.3, -0.25) is 19.0 Å². The van der Waals surface area contributed by atoms with Gasteiger partial charge in [0.25, 0.3) is 5.56 Å². The highest BCUT2D eigenvalue weighted by atomic mass is 35.5. The smallest absolute Gasteiger partial charge is 0.325 e. The average Bonchev–Trinajstić information content (AvgIpc) is 3.32. The summed E-state index contributed by atoms with van der Waals surface area (Å²) < 4.78 is 7.92. The molecule has 2 aromatic heterocycles. The largest absolute Gasteiger partial charge is 0.465 e. The molecule has 156 valence electrons. The van der Waals surface area contributed by atoms with Crippen LogP contribution in [0.4, 0.5) is 0 Å². The first-order valence-corrected chi connectivity index (χ1v) is 10.7. The number of aromatic nitrogens is 4. The van der Waals surface area contributed by atoms with E-state index >= 15 is 0 Å². The minimum atomic E-state index is -0.498. The zero-order valence-corrected chi connectivity index (χ0v) is 17.6. The number of esters is 1. The Morgan fingerprint density at radius 2 is 2.10 bits per heavy atom. The molecule has 0 bridgehead atoms. The van der Waals surface area contributed by atoms with Gasteiger partial charge in [-0.15, -0.1) is 0 Å². The van der Waals surface area contributed by atoms with Crippen molar-refractivity contribution in [2.45, 2.75) is 24.5 Å². The van der Waals surface area contributed by atoms with Crippen LogP contribution in [0.25, 0.3) is 16.7 Å². The highest BCUT2D eigenvalue weighted by molar-refractivity contribution is 7.99. The molecule has 1 aromatic carbocycles. The SMILES string of the molecule is CCOC(=O)CNC(=O)CC1CSc2nc3c(cnn3-c3ccc(Cl)cc3)c(=O)n21. The van der Waals surface area contributed by atoms with Gasteiger partial charge in [0.1, 0.15) is 11.9 Å². The number of halogens is 1. The van der Waals surface area contributed by atoms with E-state index in [-0.39, 0.29) is 37.1 Å². The van der Waals surface area contributed by atoms with E-state index in [0.717, 1.165) is 5.69 Å². The van der Waals surface area contributed by atoms with Crippen molar-refractivity contribution in [1.29, 1.82) is 0 Å². The quantitative estimate of drug-likeness (QED) is 0.454. The lowest BCUT2D eigenvalue weighted by Crippen LogP contribution is -2.34. The lowest BCUT2D eigenvalue weighted by molar-refractivity contribution is -0.143. The van der Waals surface area contributed by atoms with Crippen molar-refractivity contribution in [3.63, 3.8) is 0 Å². The Hall–Kier alpha value is -2.85. The fraction of sp³-hybridized carbons (Fsp3) is 0.316. The predicted octanol–water partition coefficient (Wildman–Crippen LogP) is 1.95. The van der Waals surface area contributed by atoms with Crippen LogP contribution >= 0.6 is 23.4 Å². The van der Waals surface area contributed by atoms with Gasteiger partial charge in [-0.2, -0.15) is 5.10 Å². The molecule has 9 nitrogen and oxygen atoms in total. The summed E-state index contributed by atoms with van der Waals surface area (Å²) in [4.78, 5) is 41.3. The third-order valence-corrected chi connectivity index (χ3v) is 5.95. The summed E-state index contributed by atoms with van der Waals surface area (Å²) in [5.74, 6) is -0.289. The van der Waals surface area contributed by atoms with Crippen LogP contribution in [-0.2, 0) is 14.3 Å². The van der Waals surface area contributed by atoms with Crippen LogP contribution in [-0.4, -0.2) is 50.1 Å². The van der Waals surface area contributed by atoms with E-state index in [2.05, 4.69) is 15.4 Å². The van der Waals surface area contributed by atoms with Gasteiger partial charge in [0.05, 0.1) is 24.5 Å². The Morgan fingerprint density at radius 1 is 1.33 bits per heavy atom. The number of nitrogens with one attached hydrogen (secondary N) is 1. The topological polar surface area (TPSA) is 108 Å². The summed E-state index contributed by atoms with van der Waals surface area (Å²) in [6, 6.07) is 6.72. The van der Waals surface area contributed by atoms with E-state index in [1.807, 2.05) is 0 Å². The number of nitrogens with zero attached hydrogens (tertiary/aromatic N) is 4. The van der Waals surface area contributed by atoms with E-state index < -0.39 is 5.97 Å². The molecular weight excluding hydrogens is 430 g/mol. The number of benzene rings is 1. The number of fused-ring (bicyclic) bond motifs is 2. The first kappa shape index (κ1) is 20.4. The number of amides is 1. The van der Waals surface area contributed by atoms with Crippen molar-refractivity contribution in [3.8, 4) is 5.69 Å². The number of carbonyl (C=O) groups excluding carboxylic acids is 2. The lowest BCUT2D eigenvalue weighted by atomic mass is 10.2. The number of hydrogen-bond acceptors (Lipinski definition) is 7. The maximum absolute atomic E-state index is 13.1. The molecule has 4 rings (SSSR count). The molecule has 3 aromatic rings. The van der Waals surface area contributed by atoms with E-state index in [1.54, 1.807) is 35.9 Å². The Kier molecular flexibility index (Phi) is 5.78. The zero-order valence-electron chi connectivity index (χ0n) is 16.0. The van der Waals surface area contributed by atoms with E-state index in [1.165, 1.54) is 22.5 Å². The maximum atomic E-state index is 13.1. The first-order chi connectivity index (χ1) is 14.5. The normalized spacial score (nSPS) is 15.2. The van der Waals surface area contributed by atoms with Crippen molar-refractivity contribution >= 4 is 46.3 Å². The zero-order chi connectivity index (χ0) is 21.3. The fourth-order valence-corrected chi connectivity index (χ4v) is 4.48. The summed E-state index contributed by atoms with van der Waals surface area (Å²) in [5.41, 5.74) is 0.945. The Bertz CT molecular complexity index is 1170. The molecule has 0 saturated carbocycles. The number of ether oxygens (including phenoxy) is 1. The summed E-state index contributed by atoms with van der Waals surface area (Å²) in [6.45, 7) is 1.75. The molecular formula is C19H18ClN5O4S. The van der Waals surface area contributed by atoms with Crippen LogP contribution in [0.5, 0.6) is 0 Å². The monoisotopic (exact) mass is 447 g/mol. The molecule has 1 amide bonds. The Labute approximate surface area is 180 Å². The minimum absolute atomic E-state index is 0.0673. The summed E-state index contributed by atoms with van der Waals surface area (Å²) in [7, 11) is 0. The van der Waals surface area contributed by atoms with Crippen LogP contribution in [0.3, 0.4) is 0 Å². The third kappa shape index (κ3) is 3.92. The molecule has 0 radical (unpaired) electrons. The number of thioether (sulfide) groups is 1. The highest BCUT2D eigenvalue weighted by Gasteiger charge is 2.29. The second-order valence-electron chi connectivity index (χ2n) is 6.59. The number of rotatable bonds is 6. The maximum Gasteiger partial charge on any atom is 0.325 e. The summed E-state index contributed by atoms with van der Waals surface area (Å²) >= 11 is 7.35. The average molecular weight is 448 g/mol. The van der Waals surface area contributed by atoms with Crippen molar-refractivity contribution < 1.29 is 14.3 Å². The molecule has 11 heteroatoms. The van der Waals surface area contributed by atoms with Crippen LogP contribution in [0.2, 0.25) is 5.02 Å². The molecule has 0 fully saturated rings. The van der Waals surface area contributed by atoms with Gasteiger partial charge in [-0.05, 0) is 31.2 Å². The molecule has 0 aliphatic carbocycles. The minimum Gasteiger partial charge on any atom is -0.465 e. The van der Waals surface area contributed by atoms with Gasteiger partial charge >= 0.3 is 5.97 Å². The summed E-state index contributed by atoms with van der Waals surface area (Å²) in [5, 5.41) is 8.34. The molecule has 1 N–H and O–H groups in total. The van der Waals surface area contributed by atoms with Crippen LogP contribution in [0.15, 0.2) is 40.4 Å². The number of hydrogen-bond donors (Lipinski definition) is 1. The molecule has 1 unspecified atom stereocenters. The number of carbonyl (C=O) groups is 2. The van der Waals surface area contributed by atoms with Crippen molar-refractivity contribution in [2.75, 3.05) is 18.9 Å². The third-order valence-electron chi connectivity index (χ3n) is 4.60. The molecule has 0 saturated heterocycles. The molecule has 30 heavy (non-hydrogen) atoms. The highest BCUT2D eigenvalue weighted by Crippen LogP contribution is 2.33. The van der Waals surface area contributed by atoms with Gasteiger partial charge in [-0.25, -0.2) is 9.67 Å². The van der Waals surface area contributed by atoms with E-state index in [0.29, 0.717) is 27.0 Å². The van der Waals surface area contributed by atoms with Gasteiger partial charge in [0.2, 0.25) is 5.91 Å². The van der Waals surface area contributed by atoms with Crippen LogP contribution < -0.4 is 10.9 Å². The standard InChI is InChI=1S/C19H18ClN5O4S/c1-2-29-16(27)9-21-15(26)7-13-10-30-19-23-17-14(18(28)24(13)19)8-22-25(17)12-5-3-11(20)4-6-12/h3-6,8,13H,2,7,9-10H2,1H3,(H,21,26). The van der Waals surface area contributed by atoms with Gasteiger partial charge in [0.15, 0.2) is 10.8 Å². The van der Waals surface area contributed by atoms with Gasteiger partial charge in [0, 0.05) is 17.2 Å². The van der Waals surface area contributed by atoms with Crippen molar-refractivity contribution in [1.82, 2.24) is 24.6 Å². The molecule has 0 spiro atoms. The fourth-order valence-electron chi connectivity index (χ4n) is 3.22. The van der Waals surface area contributed by atoms with Gasteiger partial charge < -0.3 is 10.1 Å². The molecule has 3 heterocycles. The Balaban J connectivity index is 1.58. The van der Waals surface area contributed by atoms with Crippen molar-refractivity contribution in [3.05, 3.63) is 45.8 Å². The van der Waals surface area contributed by atoms with E-state index in [9.17, 15) is 14.4 Å². The second kappa shape index (κ2) is 8.49. The second-order valence-corrected chi connectivity index (χ2v) is 8.01.